The van der Waals surface area contributed by atoms with Gasteiger partial charge in [0, 0.05) is 0 Å². The van der Waals surface area contributed by atoms with Gasteiger partial charge in [-0.15, -0.1) is 0 Å². The Morgan fingerprint density at radius 2 is 2.25 bits per heavy atom. The van der Waals surface area contributed by atoms with Crippen molar-refractivity contribution in [3.05, 3.63) is 0 Å². The average molecular weight is 111 g/mol. The molecular weight excluding hydrogens is 96.9 g/mol. The zero-order valence-electron chi connectivity index (χ0n) is 5.78. The first-order valence-electron chi connectivity index (χ1n) is 3.52. The number of rotatable bonds is 0. The Balaban J connectivity index is 2.19. The standard InChI is InChI=1S/C6H14BN/c1-5-4-8-6(2)3-7-5/h5-8H,3-4H2,1-2H3. The molecule has 0 radical (unpaired) electrons. The van der Waals surface area contributed by atoms with Crippen molar-refractivity contribution >= 4 is 7.28 Å². The summed E-state index contributed by atoms with van der Waals surface area (Å²) in [6.45, 7) is 5.78. The van der Waals surface area contributed by atoms with Crippen LogP contribution >= 0.6 is 0 Å². The lowest BCUT2D eigenvalue weighted by atomic mass is 9.59. The van der Waals surface area contributed by atoms with E-state index in [1.807, 2.05) is 0 Å². The summed E-state index contributed by atoms with van der Waals surface area (Å²) in [6.07, 6.45) is 1.36. The van der Waals surface area contributed by atoms with Crippen LogP contribution in [0.5, 0.6) is 0 Å². The lowest BCUT2D eigenvalue weighted by molar-refractivity contribution is 0.551. The molecule has 1 fully saturated rings. The molecule has 2 atom stereocenters. The van der Waals surface area contributed by atoms with Gasteiger partial charge in [0.1, 0.15) is 7.28 Å². The van der Waals surface area contributed by atoms with Gasteiger partial charge in [-0.1, -0.05) is 26.0 Å². The van der Waals surface area contributed by atoms with Crippen LogP contribution in [0.15, 0.2) is 0 Å². The normalized spacial score (nSPS) is 38.8. The van der Waals surface area contributed by atoms with Crippen LogP contribution in [0.25, 0.3) is 0 Å². The fourth-order valence-electron chi connectivity index (χ4n) is 1.14. The van der Waals surface area contributed by atoms with Crippen molar-refractivity contribution in [2.75, 3.05) is 6.54 Å². The monoisotopic (exact) mass is 111 g/mol. The smallest absolute Gasteiger partial charge is 0.127 e. The van der Waals surface area contributed by atoms with Crippen molar-refractivity contribution in [1.29, 1.82) is 0 Å². The molecule has 46 valence electrons. The Morgan fingerprint density at radius 1 is 1.50 bits per heavy atom. The predicted molar refractivity (Wildman–Crippen MR) is 38.8 cm³/mol. The topological polar surface area (TPSA) is 12.0 Å². The molecule has 1 aliphatic rings. The fourth-order valence-corrected chi connectivity index (χ4v) is 1.14. The summed E-state index contributed by atoms with van der Waals surface area (Å²) in [7, 11) is 1.41. The Labute approximate surface area is 52.1 Å². The van der Waals surface area contributed by atoms with Crippen molar-refractivity contribution in [3.8, 4) is 0 Å². The maximum atomic E-state index is 3.43. The zero-order valence-corrected chi connectivity index (χ0v) is 5.78. The summed E-state index contributed by atoms with van der Waals surface area (Å²) >= 11 is 0. The molecule has 2 unspecified atom stereocenters. The number of hydrogen-bond donors (Lipinski definition) is 1. The van der Waals surface area contributed by atoms with Gasteiger partial charge in [-0.3, -0.25) is 0 Å². The van der Waals surface area contributed by atoms with E-state index in [9.17, 15) is 0 Å². The molecule has 8 heavy (non-hydrogen) atoms. The Kier molecular flexibility index (Phi) is 1.95. The number of nitrogens with one attached hydrogen (secondary N) is 1. The van der Waals surface area contributed by atoms with E-state index in [1.54, 1.807) is 0 Å². The second-order valence-corrected chi connectivity index (χ2v) is 2.99. The highest BCUT2D eigenvalue weighted by Crippen LogP contribution is 2.09. The third-order valence-electron chi connectivity index (χ3n) is 1.91. The molecule has 1 nitrogen and oxygen atoms in total. The van der Waals surface area contributed by atoms with Gasteiger partial charge in [-0.25, -0.2) is 0 Å². The van der Waals surface area contributed by atoms with Crippen LogP contribution in [0.2, 0.25) is 12.1 Å². The summed E-state index contributed by atoms with van der Waals surface area (Å²) in [4.78, 5) is 0. The highest BCUT2D eigenvalue weighted by Gasteiger charge is 2.13. The third-order valence-corrected chi connectivity index (χ3v) is 1.91. The van der Waals surface area contributed by atoms with Crippen LogP contribution in [0.4, 0.5) is 0 Å². The van der Waals surface area contributed by atoms with Crippen LogP contribution in [0, 0.1) is 0 Å². The van der Waals surface area contributed by atoms with E-state index in [1.165, 1.54) is 20.1 Å². The van der Waals surface area contributed by atoms with Gasteiger partial charge < -0.3 is 5.32 Å². The van der Waals surface area contributed by atoms with E-state index in [-0.39, 0.29) is 0 Å². The largest absolute Gasteiger partial charge is 0.315 e. The lowest BCUT2D eigenvalue weighted by Gasteiger charge is -2.23. The fraction of sp³-hybridized carbons (Fsp3) is 1.00. The van der Waals surface area contributed by atoms with E-state index in [0.29, 0.717) is 0 Å². The molecule has 1 heterocycles. The Bertz CT molecular complexity index is 56.9. The molecule has 0 aromatic heterocycles. The zero-order chi connectivity index (χ0) is 5.98. The second kappa shape index (κ2) is 2.54. The second-order valence-electron chi connectivity index (χ2n) is 2.99. The molecule has 1 rings (SSSR count). The average Bonchev–Trinajstić information content (AvgIpc) is 1.77. The van der Waals surface area contributed by atoms with Crippen LogP contribution in [-0.2, 0) is 0 Å². The molecule has 0 spiro atoms. The Morgan fingerprint density at radius 3 is 2.62 bits per heavy atom. The van der Waals surface area contributed by atoms with Gasteiger partial charge in [0.05, 0.1) is 0 Å². The quantitative estimate of drug-likeness (QED) is 0.452. The first-order valence-corrected chi connectivity index (χ1v) is 3.52. The summed E-state index contributed by atoms with van der Waals surface area (Å²) < 4.78 is 0. The highest BCUT2D eigenvalue weighted by atomic mass is 14.9. The minimum atomic E-state index is 0.770. The summed E-state index contributed by atoms with van der Waals surface area (Å²) in [5.74, 6) is 0.909. The molecule has 1 aliphatic heterocycles. The maximum absolute atomic E-state index is 3.43. The lowest BCUT2D eigenvalue weighted by Crippen LogP contribution is -2.36. The molecular formula is C6H14BN. The SMILES string of the molecule is CC1BCC(C)NC1. The molecule has 0 amide bonds. The van der Waals surface area contributed by atoms with Crippen molar-refractivity contribution < 1.29 is 0 Å². The van der Waals surface area contributed by atoms with Crippen LogP contribution in [-0.4, -0.2) is 19.9 Å². The molecule has 0 aliphatic carbocycles. The summed E-state index contributed by atoms with van der Waals surface area (Å²) in [5.41, 5.74) is 0. The van der Waals surface area contributed by atoms with E-state index in [0.717, 1.165) is 11.9 Å². The Hall–Kier alpha value is 0.0249. The van der Waals surface area contributed by atoms with E-state index >= 15 is 0 Å². The van der Waals surface area contributed by atoms with Gasteiger partial charge >= 0.3 is 0 Å². The first kappa shape index (κ1) is 6.15. The molecule has 0 aromatic carbocycles. The van der Waals surface area contributed by atoms with Crippen molar-refractivity contribution in [2.45, 2.75) is 32.0 Å². The number of hydrogen-bond acceptors (Lipinski definition) is 1. The highest BCUT2D eigenvalue weighted by molar-refractivity contribution is 6.38. The third kappa shape index (κ3) is 1.51. The molecule has 2 heteroatoms. The van der Waals surface area contributed by atoms with Crippen molar-refractivity contribution in [3.63, 3.8) is 0 Å². The van der Waals surface area contributed by atoms with Crippen molar-refractivity contribution in [1.82, 2.24) is 5.32 Å². The van der Waals surface area contributed by atoms with E-state index in [4.69, 9.17) is 0 Å². The molecule has 0 saturated carbocycles. The van der Waals surface area contributed by atoms with Gasteiger partial charge in [0.15, 0.2) is 0 Å². The molecule has 0 bridgehead atoms. The van der Waals surface area contributed by atoms with E-state index < -0.39 is 0 Å². The predicted octanol–water partition coefficient (Wildman–Crippen LogP) is 0.641. The van der Waals surface area contributed by atoms with Crippen LogP contribution in [0.1, 0.15) is 13.8 Å². The van der Waals surface area contributed by atoms with Crippen LogP contribution in [0.3, 0.4) is 0 Å². The van der Waals surface area contributed by atoms with Gasteiger partial charge in [-0.05, 0) is 12.6 Å². The van der Waals surface area contributed by atoms with Gasteiger partial charge in [0.25, 0.3) is 0 Å². The maximum Gasteiger partial charge on any atom is 0.127 e. The van der Waals surface area contributed by atoms with Crippen molar-refractivity contribution in [2.24, 2.45) is 0 Å². The molecule has 1 saturated heterocycles. The van der Waals surface area contributed by atoms with Crippen LogP contribution < -0.4 is 5.32 Å². The minimum absolute atomic E-state index is 0.770. The molecule has 0 aromatic rings. The summed E-state index contributed by atoms with van der Waals surface area (Å²) in [5, 5.41) is 3.43. The van der Waals surface area contributed by atoms with Gasteiger partial charge in [0.2, 0.25) is 0 Å². The van der Waals surface area contributed by atoms with E-state index in [2.05, 4.69) is 19.2 Å². The first-order chi connectivity index (χ1) is 3.79. The summed E-state index contributed by atoms with van der Waals surface area (Å²) in [6, 6.07) is 0.770. The minimum Gasteiger partial charge on any atom is -0.315 e. The van der Waals surface area contributed by atoms with Gasteiger partial charge in [-0.2, -0.15) is 0 Å². The molecule has 1 N–H and O–H groups in total.